The molecule has 0 spiro atoms. The first-order valence-electron chi connectivity index (χ1n) is 9.07. The molecule has 4 rings (SSSR count). The zero-order valence-electron chi connectivity index (χ0n) is 14.9. The summed E-state index contributed by atoms with van der Waals surface area (Å²) in [5.74, 6) is -0.215. The molecule has 2 heterocycles. The molecule has 2 aromatic carbocycles. The van der Waals surface area contributed by atoms with Crippen LogP contribution in [0, 0.1) is 5.92 Å². The Balaban J connectivity index is 1.56. The Morgan fingerprint density at radius 1 is 1.15 bits per heavy atom. The maximum absolute atomic E-state index is 13.1. The van der Waals surface area contributed by atoms with Crippen LogP contribution >= 0.6 is 0 Å². The zero-order chi connectivity index (χ0) is 18.6. The van der Waals surface area contributed by atoms with Crippen molar-refractivity contribution in [3.63, 3.8) is 0 Å². The minimum Gasteiger partial charge on any atom is -0.395 e. The number of hydrogen-bond acceptors (Lipinski definition) is 4. The molecule has 2 aliphatic rings. The van der Waals surface area contributed by atoms with Crippen LogP contribution in [0.4, 0.5) is 0 Å². The molecule has 0 saturated carbocycles. The van der Waals surface area contributed by atoms with Gasteiger partial charge in [0.1, 0.15) is 12.6 Å². The van der Waals surface area contributed by atoms with Crippen molar-refractivity contribution in [2.75, 3.05) is 13.2 Å². The standard InChI is InChI=1S/C21H21N3O3/c25-19-11-18-17(14-27-23-18)13-24(19)20(16-9-5-2-6-10-16)21(26)22-12-15-7-3-1-4-8-15/h1-10,17,20H,11-14H2,(H,22,26). The summed E-state index contributed by atoms with van der Waals surface area (Å²) in [7, 11) is 0. The first-order valence-corrected chi connectivity index (χ1v) is 9.07. The van der Waals surface area contributed by atoms with Crippen molar-refractivity contribution in [3.8, 4) is 0 Å². The van der Waals surface area contributed by atoms with Crippen LogP contribution in [-0.4, -0.2) is 35.6 Å². The number of carbonyl (C=O) groups excluding carboxylic acids is 2. The van der Waals surface area contributed by atoms with Gasteiger partial charge in [-0.15, -0.1) is 0 Å². The minimum absolute atomic E-state index is 0.0656. The van der Waals surface area contributed by atoms with Crippen molar-refractivity contribution in [1.29, 1.82) is 0 Å². The van der Waals surface area contributed by atoms with Gasteiger partial charge in [-0.25, -0.2) is 0 Å². The van der Waals surface area contributed by atoms with E-state index in [4.69, 9.17) is 4.84 Å². The Morgan fingerprint density at radius 3 is 2.59 bits per heavy atom. The molecule has 0 aromatic heterocycles. The minimum atomic E-state index is -0.662. The lowest BCUT2D eigenvalue weighted by molar-refractivity contribution is -0.141. The van der Waals surface area contributed by atoms with E-state index in [-0.39, 0.29) is 24.2 Å². The Labute approximate surface area is 157 Å². The molecule has 1 N–H and O–H groups in total. The molecule has 2 aromatic rings. The highest BCUT2D eigenvalue weighted by atomic mass is 16.6. The van der Waals surface area contributed by atoms with Gasteiger partial charge in [0.25, 0.3) is 0 Å². The predicted octanol–water partition coefficient (Wildman–Crippen LogP) is 2.28. The van der Waals surface area contributed by atoms with Gasteiger partial charge in [-0.1, -0.05) is 65.8 Å². The molecule has 138 valence electrons. The van der Waals surface area contributed by atoms with Crippen LogP contribution in [0.2, 0.25) is 0 Å². The molecular formula is C21H21N3O3. The topological polar surface area (TPSA) is 71.0 Å². The molecular weight excluding hydrogens is 342 g/mol. The van der Waals surface area contributed by atoms with Crippen molar-refractivity contribution in [3.05, 3.63) is 71.8 Å². The second-order valence-electron chi connectivity index (χ2n) is 6.81. The number of rotatable bonds is 5. The number of likely N-dealkylation sites (tertiary alicyclic amines) is 1. The number of nitrogens with one attached hydrogen (secondary N) is 1. The third kappa shape index (κ3) is 3.69. The normalized spacial score (nSPS) is 19.7. The van der Waals surface area contributed by atoms with Gasteiger partial charge in [0, 0.05) is 13.1 Å². The van der Waals surface area contributed by atoms with Gasteiger partial charge < -0.3 is 15.1 Å². The Bertz CT molecular complexity index is 851. The number of piperidine rings is 1. The summed E-state index contributed by atoms with van der Waals surface area (Å²) in [6.45, 7) is 1.33. The molecule has 1 fully saturated rings. The number of amides is 2. The molecule has 2 aliphatic heterocycles. The Hall–Kier alpha value is -3.15. The summed E-state index contributed by atoms with van der Waals surface area (Å²) >= 11 is 0. The largest absolute Gasteiger partial charge is 0.395 e. The maximum Gasteiger partial charge on any atom is 0.247 e. The fourth-order valence-electron chi connectivity index (χ4n) is 3.55. The summed E-state index contributed by atoms with van der Waals surface area (Å²) in [6, 6.07) is 18.5. The van der Waals surface area contributed by atoms with Gasteiger partial charge in [0.05, 0.1) is 18.1 Å². The van der Waals surface area contributed by atoms with E-state index in [0.29, 0.717) is 19.7 Å². The van der Waals surface area contributed by atoms with Crippen molar-refractivity contribution < 1.29 is 14.4 Å². The first kappa shape index (κ1) is 17.3. The fourth-order valence-corrected chi connectivity index (χ4v) is 3.55. The van der Waals surface area contributed by atoms with Gasteiger partial charge in [-0.2, -0.15) is 0 Å². The summed E-state index contributed by atoms with van der Waals surface area (Å²) in [5.41, 5.74) is 2.60. The monoisotopic (exact) mass is 363 g/mol. The number of nitrogens with zero attached hydrogens (tertiary/aromatic N) is 2. The molecule has 0 aliphatic carbocycles. The highest BCUT2D eigenvalue weighted by Crippen LogP contribution is 2.29. The third-order valence-corrected chi connectivity index (χ3v) is 4.98. The highest BCUT2D eigenvalue weighted by molar-refractivity contribution is 6.06. The lowest BCUT2D eigenvalue weighted by Gasteiger charge is -2.36. The van der Waals surface area contributed by atoms with Crippen molar-refractivity contribution in [2.24, 2.45) is 11.1 Å². The average molecular weight is 363 g/mol. The van der Waals surface area contributed by atoms with Gasteiger partial charge in [0.15, 0.2) is 0 Å². The zero-order valence-corrected chi connectivity index (χ0v) is 14.9. The van der Waals surface area contributed by atoms with E-state index in [1.807, 2.05) is 60.7 Å². The molecule has 0 radical (unpaired) electrons. The highest BCUT2D eigenvalue weighted by Gasteiger charge is 2.40. The van der Waals surface area contributed by atoms with E-state index in [1.54, 1.807) is 4.90 Å². The summed E-state index contributed by atoms with van der Waals surface area (Å²) < 4.78 is 0. The van der Waals surface area contributed by atoms with Crippen molar-refractivity contribution in [2.45, 2.75) is 19.0 Å². The maximum atomic E-state index is 13.1. The van der Waals surface area contributed by atoms with E-state index in [9.17, 15) is 9.59 Å². The molecule has 1 saturated heterocycles. The Morgan fingerprint density at radius 2 is 1.85 bits per heavy atom. The van der Waals surface area contributed by atoms with Crippen molar-refractivity contribution in [1.82, 2.24) is 10.2 Å². The van der Waals surface area contributed by atoms with E-state index < -0.39 is 6.04 Å². The lowest BCUT2D eigenvalue weighted by Crippen LogP contribution is -2.50. The van der Waals surface area contributed by atoms with E-state index >= 15 is 0 Å². The van der Waals surface area contributed by atoms with Crippen LogP contribution in [-0.2, 0) is 21.0 Å². The van der Waals surface area contributed by atoms with Crippen LogP contribution in [0.3, 0.4) is 0 Å². The third-order valence-electron chi connectivity index (χ3n) is 4.98. The molecule has 6 heteroatoms. The van der Waals surface area contributed by atoms with E-state index in [0.717, 1.165) is 16.8 Å². The molecule has 2 unspecified atom stereocenters. The number of oxime groups is 1. The molecule has 6 nitrogen and oxygen atoms in total. The summed E-state index contributed by atoms with van der Waals surface area (Å²) in [5, 5.41) is 6.94. The second-order valence-corrected chi connectivity index (χ2v) is 6.81. The van der Waals surface area contributed by atoms with Crippen LogP contribution in [0.5, 0.6) is 0 Å². The van der Waals surface area contributed by atoms with Gasteiger partial charge in [0.2, 0.25) is 11.8 Å². The SMILES string of the molecule is O=C(NCc1ccccc1)C(c1ccccc1)N1CC2CON=C2CC1=O. The first-order chi connectivity index (χ1) is 13.2. The summed E-state index contributed by atoms with van der Waals surface area (Å²) in [4.78, 5) is 32.6. The molecule has 2 amide bonds. The van der Waals surface area contributed by atoms with Crippen LogP contribution in [0.25, 0.3) is 0 Å². The summed E-state index contributed by atoms with van der Waals surface area (Å²) in [6.07, 6.45) is 0.208. The van der Waals surface area contributed by atoms with Gasteiger partial charge >= 0.3 is 0 Å². The number of hydrogen-bond donors (Lipinski definition) is 1. The lowest BCUT2D eigenvalue weighted by atomic mass is 9.93. The van der Waals surface area contributed by atoms with Crippen molar-refractivity contribution >= 4 is 17.5 Å². The smallest absolute Gasteiger partial charge is 0.247 e. The number of benzene rings is 2. The second kappa shape index (κ2) is 7.61. The number of fused-ring (bicyclic) bond motifs is 1. The Kier molecular flexibility index (Phi) is 4.87. The fraction of sp³-hybridized carbons (Fsp3) is 0.286. The van der Waals surface area contributed by atoms with E-state index in [2.05, 4.69) is 10.5 Å². The van der Waals surface area contributed by atoms with Crippen LogP contribution in [0.1, 0.15) is 23.6 Å². The van der Waals surface area contributed by atoms with E-state index in [1.165, 1.54) is 0 Å². The molecule has 27 heavy (non-hydrogen) atoms. The van der Waals surface area contributed by atoms with Gasteiger partial charge in [-0.05, 0) is 11.1 Å². The molecule has 2 atom stereocenters. The van der Waals surface area contributed by atoms with Crippen LogP contribution < -0.4 is 5.32 Å². The quantitative estimate of drug-likeness (QED) is 0.886. The average Bonchev–Trinajstić information content (AvgIpc) is 3.15. The number of carbonyl (C=O) groups is 2. The van der Waals surface area contributed by atoms with Crippen LogP contribution in [0.15, 0.2) is 65.8 Å². The van der Waals surface area contributed by atoms with Gasteiger partial charge in [-0.3, -0.25) is 9.59 Å². The molecule has 0 bridgehead atoms. The predicted molar refractivity (Wildman–Crippen MR) is 101 cm³/mol.